The first-order valence-electron chi connectivity index (χ1n) is 9.02. The second kappa shape index (κ2) is 8.54. The molecule has 0 atom stereocenters. The molecule has 3 rings (SSSR count). The maximum absolute atomic E-state index is 12.6. The smallest absolute Gasteiger partial charge is 0.267 e. The minimum atomic E-state index is -0.456. The predicted octanol–water partition coefficient (Wildman–Crippen LogP) is 2.37. The number of amides is 2. The molecule has 0 unspecified atom stereocenters. The fourth-order valence-electron chi connectivity index (χ4n) is 2.97. The number of fused-ring (bicyclic) bond motifs is 1. The molecule has 144 valence electrons. The fraction of sp³-hybridized carbons (Fsp3) is 0.182. The van der Waals surface area contributed by atoms with Gasteiger partial charge in [-0.1, -0.05) is 35.9 Å². The standard InChI is InChI=1S/C22H23N3O3/c1-15-7-9-16(10-8-15)21(27)24-19(22(28)23-11-12-26)13-17-14-25(2)20-6-4-3-5-18(17)20/h3-10,13-14,26H,11-12H2,1-2H3,(H,23,28)(H,24,27). The summed E-state index contributed by atoms with van der Waals surface area (Å²) in [7, 11) is 1.93. The third kappa shape index (κ3) is 4.29. The number of hydrogen-bond donors (Lipinski definition) is 3. The van der Waals surface area contributed by atoms with E-state index in [-0.39, 0.29) is 24.8 Å². The summed E-state index contributed by atoms with van der Waals surface area (Å²) in [6, 6.07) is 14.9. The van der Waals surface area contributed by atoms with Crippen molar-refractivity contribution in [2.75, 3.05) is 13.2 Å². The number of aromatic nitrogens is 1. The highest BCUT2D eigenvalue weighted by Crippen LogP contribution is 2.22. The third-order valence-corrected chi connectivity index (χ3v) is 4.43. The number of nitrogens with one attached hydrogen (secondary N) is 2. The highest BCUT2D eigenvalue weighted by atomic mass is 16.3. The van der Waals surface area contributed by atoms with E-state index in [0.29, 0.717) is 5.56 Å². The maximum Gasteiger partial charge on any atom is 0.267 e. The van der Waals surface area contributed by atoms with Crippen LogP contribution in [0.2, 0.25) is 0 Å². The average Bonchev–Trinajstić information content (AvgIpc) is 3.02. The van der Waals surface area contributed by atoms with E-state index in [2.05, 4.69) is 10.6 Å². The minimum Gasteiger partial charge on any atom is -0.395 e. The molecular formula is C22H23N3O3. The van der Waals surface area contributed by atoms with Crippen LogP contribution >= 0.6 is 0 Å². The van der Waals surface area contributed by atoms with Crippen LogP contribution in [0.15, 0.2) is 60.4 Å². The molecule has 6 heteroatoms. The minimum absolute atomic E-state index is 0.103. The molecule has 0 saturated heterocycles. The Hall–Kier alpha value is -3.38. The van der Waals surface area contributed by atoms with E-state index < -0.39 is 5.91 Å². The van der Waals surface area contributed by atoms with Gasteiger partial charge in [0.05, 0.1) is 6.61 Å². The molecule has 2 amide bonds. The van der Waals surface area contributed by atoms with E-state index in [1.165, 1.54) is 0 Å². The van der Waals surface area contributed by atoms with Gasteiger partial charge in [-0.25, -0.2) is 0 Å². The van der Waals surface area contributed by atoms with E-state index in [4.69, 9.17) is 5.11 Å². The Kier molecular flexibility index (Phi) is 5.91. The molecular weight excluding hydrogens is 354 g/mol. The van der Waals surface area contributed by atoms with Gasteiger partial charge >= 0.3 is 0 Å². The van der Waals surface area contributed by atoms with Gasteiger partial charge in [0.15, 0.2) is 0 Å². The lowest BCUT2D eigenvalue weighted by molar-refractivity contribution is -0.117. The summed E-state index contributed by atoms with van der Waals surface area (Å²) < 4.78 is 1.96. The van der Waals surface area contributed by atoms with Crippen LogP contribution in [0.3, 0.4) is 0 Å². The molecule has 6 nitrogen and oxygen atoms in total. The number of para-hydroxylation sites is 1. The van der Waals surface area contributed by atoms with Crippen LogP contribution in [0.25, 0.3) is 17.0 Å². The number of carbonyl (C=O) groups is 2. The van der Waals surface area contributed by atoms with Gasteiger partial charge in [-0.3, -0.25) is 9.59 Å². The van der Waals surface area contributed by atoms with Crippen LogP contribution in [-0.4, -0.2) is 34.6 Å². The Bertz CT molecular complexity index is 1030. The van der Waals surface area contributed by atoms with E-state index in [9.17, 15) is 9.59 Å². The summed E-state index contributed by atoms with van der Waals surface area (Å²) in [6.07, 6.45) is 3.56. The molecule has 0 fully saturated rings. The first kappa shape index (κ1) is 19.4. The van der Waals surface area contributed by atoms with E-state index in [1.54, 1.807) is 18.2 Å². The molecule has 0 aliphatic heterocycles. The van der Waals surface area contributed by atoms with Gasteiger partial charge in [-0.05, 0) is 31.2 Å². The monoisotopic (exact) mass is 377 g/mol. The van der Waals surface area contributed by atoms with Gasteiger partial charge in [0.1, 0.15) is 5.70 Å². The van der Waals surface area contributed by atoms with E-state index in [0.717, 1.165) is 22.0 Å². The Morgan fingerprint density at radius 1 is 1.11 bits per heavy atom. The largest absolute Gasteiger partial charge is 0.395 e. The Balaban J connectivity index is 1.96. The summed E-state index contributed by atoms with van der Waals surface area (Å²) in [5.74, 6) is -0.826. The first-order valence-corrected chi connectivity index (χ1v) is 9.02. The van der Waals surface area contributed by atoms with Crippen LogP contribution in [-0.2, 0) is 11.8 Å². The molecule has 3 N–H and O–H groups in total. The van der Waals surface area contributed by atoms with Crippen LogP contribution in [0.4, 0.5) is 0 Å². The number of aryl methyl sites for hydroxylation is 2. The van der Waals surface area contributed by atoms with Crippen molar-refractivity contribution in [2.45, 2.75) is 6.92 Å². The summed E-state index contributed by atoms with van der Waals surface area (Å²) in [5.41, 5.74) is 3.47. The molecule has 0 bridgehead atoms. The van der Waals surface area contributed by atoms with Crippen molar-refractivity contribution < 1.29 is 14.7 Å². The van der Waals surface area contributed by atoms with E-state index in [1.807, 2.05) is 61.1 Å². The highest BCUT2D eigenvalue weighted by Gasteiger charge is 2.15. The molecule has 0 aliphatic rings. The zero-order valence-corrected chi connectivity index (χ0v) is 15.9. The van der Waals surface area contributed by atoms with Crippen molar-refractivity contribution in [3.05, 3.63) is 77.1 Å². The lowest BCUT2D eigenvalue weighted by atomic mass is 10.1. The van der Waals surface area contributed by atoms with Gasteiger partial charge < -0.3 is 20.3 Å². The number of aliphatic hydroxyl groups excluding tert-OH is 1. The van der Waals surface area contributed by atoms with Crippen molar-refractivity contribution >= 4 is 28.8 Å². The van der Waals surface area contributed by atoms with Crippen molar-refractivity contribution in [1.82, 2.24) is 15.2 Å². The van der Waals surface area contributed by atoms with Crippen molar-refractivity contribution in [2.24, 2.45) is 7.05 Å². The first-order chi connectivity index (χ1) is 13.5. The number of carbonyl (C=O) groups excluding carboxylic acids is 2. The summed E-state index contributed by atoms with van der Waals surface area (Å²) in [6.45, 7) is 1.86. The quantitative estimate of drug-likeness (QED) is 0.577. The van der Waals surface area contributed by atoms with E-state index >= 15 is 0 Å². The lowest BCUT2D eigenvalue weighted by Gasteiger charge is -2.10. The lowest BCUT2D eigenvalue weighted by Crippen LogP contribution is -2.36. The molecule has 0 saturated carbocycles. The van der Waals surface area contributed by atoms with Gasteiger partial charge in [0, 0.05) is 41.8 Å². The second-order valence-corrected chi connectivity index (χ2v) is 6.57. The Labute approximate surface area is 163 Å². The SMILES string of the molecule is Cc1ccc(C(=O)NC(=Cc2cn(C)c3ccccc23)C(=O)NCCO)cc1. The molecule has 0 radical (unpaired) electrons. The zero-order valence-electron chi connectivity index (χ0n) is 15.9. The average molecular weight is 377 g/mol. The predicted molar refractivity (Wildman–Crippen MR) is 110 cm³/mol. The van der Waals surface area contributed by atoms with Crippen molar-refractivity contribution in [1.29, 1.82) is 0 Å². The summed E-state index contributed by atoms with van der Waals surface area (Å²) in [5, 5.41) is 15.3. The summed E-state index contributed by atoms with van der Waals surface area (Å²) >= 11 is 0. The number of nitrogens with zero attached hydrogens (tertiary/aromatic N) is 1. The molecule has 0 spiro atoms. The number of benzene rings is 2. The Morgan fingerprint density at radius 3 is 2.54 bits per heavy atom. The van der Waals surface area contributed by atoms with Crippen molar-refractivity contribution in [3.8, 4) is 0 Å². The Morgan fingerprint density at radius 2 is 1.82 bits per heavy atom. The van der Waals surface area contributed by atoms with Crippen LogP contribution < -0.4 is 10.6 Å². The molecule has 3 aromatic rings. The van der Waals surface area contributed by atoms with Gasteiger partial charge in [-0.2, -0.15) is 0 Å². The third-order valence-electron chi connectivity index (χ3n) is 4.43. The van der Waals surface area contributed by atoms with Crippen molar-refractivity contribution in [3.63, 3.8) is 0 Å². The maximum atomic E-state index is 12.6. The fourth-order valence-corrected chi connectivity index (χ4v) is 2.97. The second-order valence-electron chi connectivity index (χ2n) is 6.57. The topological polar surface area (TPSA) is 83.4 Å². The van der Waals surface area contributed by atoms with Crippen LogP contribution in [0.5, 0.6) is 0 Å². The molecule has 2 aromatic carbocycles. The van der Waals surface area contributed by atoms with Crippen LogP contribution in [0, 0.1) is 6.92 Å². The summed E-state index contributed by atoms with van der Waals surface area (Å²) in [4.78, 5) is 25.2. The highest BCUT2D eigenvalue weighted by molar-refractivity contribution is 6.06. The normalized spacial score (nSPS) is 11.5. The number of hydrogen-bond acceptors (Lipinski definition) is 3. The van der Waals surface area contributed by atoms with Gasteiger partial charge in [0.2, 0.25) is 0 Å². The van der Waals surface area contributed by atoms with Crippen LogP contribution in [0.1, 0.15) is 21.5 Å². The van der Waals surface area contributed by atoms with Gasteiger partial charge in [-0.15, -0.1) is 0 Å². The number of rotatable bonds is 6. The molecule has 1 heterocycles. The van der Waals surface area contributed by atoms with Gasteiger partial charge in [0.25, 0.3) is 11.8 Å². The molecule has 0 aliphatic carbocycles. The molecule has 1 aromatic heterocycles. The number of aliphatic hydroxyl groups is 1. The molecule has 28 heavy (non-hydrogen) atoms. The zero-order chi connectivity index (χ0) is 20.1.